The van der Waals surface area contributed by atoms with Gasteiger partial charge in [-0.05, 0) is 18.6 Å². The van der Waals surface area contributed by atoms with Crippen molar-refractivity contribution >= 4 is 37.2 Å². The lowest BCUT2D eigenvalue weighted by atomic mass is 10.1. The molecule has 80 valence electrons. The molecule has 0 aromatic heterocycles. The fraction of sp³-hybridized carbons (Fsp3) is 0.111. The van der Waals surface area contributed by atoms with Crippen LogP contribution in [0.5, 0.6) is 0 Å². The van der Waals surface area contributed by atoms with Crippen LogP contribution in [0.2, 0.25) is 0 Å². The quantitative estimate of drug-likeness (QED) is 0.600. The topological polar surface area (TPSA) is 74.6 Å². The summed E-state index contributed by atoms with van der Waals surface area (Å²) >= 11 is 7.91. The smallest absolute Gasteiger partial charge is 0.337 e. The molecule has 0 saturated carbocycles. The Labute approximate surface area is 96.7 Å². The summed E-state index contributed by atoms with van der Waals surface area (Å²) in [6, 6.07) is 1.35. The fourth-order valence-corrected chi connectivity index (χ4v) is 1.89. The average Bonchev–Trinajstić information content (AvgIpc) is 2.10. The number of aryl methyl sites for hydroxylation is 1. The van der Waals surface area contributed by atoms with Gasteiger partial charge in [0, 0.05) is 9.79 Å². The molecule has 0 unspecified atom stereocenters. The molecule has 4 nitrogen and oxygen atoms in total. The number of carboxylic acid groups (broad SMARTS) is 2. The van der Waals surface area contributed by atoms with Gasteiger partial charge in [-0.1, -0.05) is 0 Å². The Morgan fingerprint density at radius 2 is 1.67 bits per heavy atom. The number of aromatic carboxylic acids is 2. The highest BCUT2D eigenvalue weighted by molar-refractivity contribution is 7.81. The number of thiol groups is 2. The summed E-state index contributed by atoms with van der Waals surface area (Å²) in [6.45, 7) is 1.59. The van der Waals surface area contributed by atoms with Gasteiger partial charge in [0.2, 0.25) is 0 Å². The summed E-state index contributed by atoms with van der Waals surface area (Å²) in [5, 5.41) is 17.7. The van der Waals surface area contributed by atoms with Crippen LogP contribution in [-0.4, -0.2) is 22.2 Å². The van der Waals surface area contributed by atoms with Gasteiger partial charge in [0.15, 0.2) is 0 Å². The highest BCUT2D eigenvalue weighted by Gasteiger charge is 2.20. The fourth-order valence-electron chi connectivity index (χ4n) is 1.16. The van der Waals surface area contributed by atoms with Gasteiger partial charge in [0.1, 0.15) is 0 Å². The maximum absolute atomic E-state index is 10.9. The number of benzene rings is 1. The maximum atomic E-state index is 10.9. The number of hydrogen-bond acceptors (Lipinski definition) is 4. The monoisotopic (exact) mass is 244 g/mol. The molecule has 0 saturated heterocycles. The van der Waals surface area contributed by atoms with Crippen molar-refractivity contribution in [1.29, 1.82) is 0 Å². The molecule has 0 fully saturated rings. The molecule has 0 aliphatic rings. The van der Waals surface area contributed by atoms with Gasteiger partial charge in [0.05, 0.1) is 11.1 Å². The Balaban J connectivity index is 3.63. The lowest BCUT2D eigenvalue weighted by Gasteiger charge is -2.09. The minimum atomic E-state index is -1.24. The third kappa shape index (κ3) is 2.10. The minimum Gasteiger partial charge on any atom is -0.478 e. The zero-order chi connectivity index (χ0) is 11.7. The average molecular weight is 244 g/mol. The Kier molecular flexibility index (Phi) is 3.31. The highest BCUT2D eigenvalue weighted by Crippen LogP contribution is 2.28. The summed E-state index contributed by atoms with van der Waals surface area (Å²) in [6.07, 6.45) is 0. The minimum absolute atomic E-state index is 0.0781. The molecule has 0 aliphatic carbocycles. The van der Waals surface area contributed by atoms with Crippen LogP contribution in [-0.2, 0) is 0 Å². The summed E-state index contributed by atoms with van der Waals surface area (Å²) in [5.74, 6) is -2.45. The van der Waals surface area contributed by atoms with E-state index >= 15 is 0 Å². The van der Waals surface area contributed by atoms with Gasteiger partial charge in [-0.15, -0.1) is 25.3 Å². The Morgan fingerprint density at radius 3 is 2.07 bits per heavy atom. The zero-order valence-electron chi connectivity index (χ0n) is 7.68. The van der Waals surface area contributed by atoms with Crippen molar-refractivity contribution in [3.63, 3.8) is 0 Å². The molecule has 2 N–H and O–H groups in total. The van der Waals surface area contributed by atoms with E-state index in [0.717, 1.165) is 0 Å². The molecule has 15 heavy (non-hydrogen) atoms. The summed E-state index contributed by atoms with van der Waals surface area (Å²) in [4.78, 5) is 21.8. The van der Waals surface area contributed by atoms with Crippen LogP contribution in [0.1, 0.15) is 26.3 Å². The summed E-state index contributed by atoms with van der Waals surface area (Å²) in [7, 11) is 0. The Hall–Kier alpha value is -1.14. The number of carboxylic acids is 2. The molecular weight excluding hydrogens is 236 g/mol. The van der Waals surface area contributed by atoms with Crippen molar-refractivity contribution in [2.24, 2.45) is 0 Å². The van der Waals surface area contributed by atoms with E-state index in [1.807, 2.05) is 0 Å². The second-order valence-corrected chi connectivity index (χ2v) is 3.82. The first kappa shape index (κ1) is 11.9. The molecule has 0 radical (unpaired) electrons. The maximum Gasteiger partial charge on any atom is 0.337 e. The van der Waals surface area contributed by atoms with Crippen LogP contribution < -0.4 is 0 Å². The van der Waals surface area contributed by atoms with Crippen LogP contribution in [0.25, 0.3) is 0 Å². The van der Waals surface area contributed by atoms with Gasteiger partial charge in [-0.2, -0.15) is 0 Å². The van der Waals surface area contributed by atoms with E-state index in [9.17, 15) is 9.59 Å². The Morgan fingerprint density at radius 1 is 1.13 bits per heavy atom. The molecule has 1 aromatic carbocycles. The van der Waals surface area contributed by atoms with E-state index in [0.29, 0.717) is 5.56 Å². The molecular formula is C9H8O4S2. The second-order valence-electron chi connectivity index (χ2n) is 2.92. The molecule has 0 amide bonds. The second kappa shape index (κ2) is 4.16. The van der Waals surface area contributed by atoms with Crippen LogP contribution in [0.3, 0.4) is 0 Å². The molecule has 0 bridgehead atoms. The summed E-state index contributed by atoms with van der Waals surface area (Å²) < 4.78 is 0. The zero-order valence-corrected chi connectivity index (χ0v) is 9.47. The third-order valence-electron chi connectivity index (χ3n) is 1.91. The van der Waals surface area contributed by atoms with Crippen molar-refractivity contribution in [2.45, 2.75) is 16.7 Å². The van der Waals surface area contributed by atoms with Crippen molar-refractivity contribution in [3.05, 3.63) is 22.8 Å². The van der Waals surface area contributed by atoms with Crippen LogP contribution in [0.15, 0.2) is 15.9 Å². The van der Waals surface area contributed by atoms with Crippen LogP contribution >= 0.6 is 25.3 Å². The number of hydrogen-bond donors (Lipinski definition) is 4. The number of rotatable bonds is 2. The predicted molar refractivity (Wildman–Crippen MR) is 59.6 cm³/mol. The Bertz CT molecular complexity index is 454. The molecule has 0 atom stereocenters. The standard InChI is InChI=1S/C9H8O4S2/c1-3-2-4(8(10)11)7(15)5(6(3)14)9(12)13/h2,14-15H,1H3,(H,10,11)(H,12,13). The lowest BCUT2D eigenvalue weighted by Crippen LogP contribution is -2.07. The third-order valence-corrected chi connectivity index (χ3v) is 2.95. The van der Waals surface area contributed by atoms with Gasteiger partial charge >= 0.3 is 11.9 Å². The SMILES string of the molecule is Cc1cc(C(=O)O)c(S)c(C(=O)O)c1S. The van der Waals surface area contributed by atoms with E-state index in [1.165, 1.54) is 6.07 Å². The van der Waals surface area contributed by atoms with Gasteiger partial charge in [-0.3, -0.25) is 0 Å². The lowest BCUT2D eigenvalue weighted by molar-refractivity contribution is 0.0687. The molecule has 1 aromatic rings. The van der Waals surface area contributed by atoms with E-state index in [4.69, 9.17) is 10.2 Å². The van der Waals surface area contributed by atoms with Crippen molar-refractivity contribution in [1.82, 2.24) is 0 Å². The molecule has 1 rings (SSSR count). The van der Waals surface area contributed by atoms with Gasteiger partial charge < -0.3 is 10.2 Å². The van der Waals surface area contributed by atoms with Gasteiger partial charge in [-0.25, -0.2) is 9.59 Å². The molecule has 0 aliphatic heterocycles. The molecule has 6 heteroatoms. The van der Waals surface area contributed by atoms with Crippen molar-refractivity contribution in [2.75, 3.05) is 0 Å². The normalized spacial score (nSPS) is 10.1. The predicted octanol–water partition coefficient (Wildman–Crippen LogP) is 1.97. The van der Waals surface area contributed by atoms with E-state index in [2.05, 4.69) is 25.3 Å². The van der Waals surface area contributed by atoms with Crippen molar-refractivity contribution < 1.29 is 19.8 Å². The van der Waals surface area contributed by atoms with Crippen LogP contribution in [0, 0.1) is 6.92 Å². The summed E-state index contributed by atoms with van der Waals surface area (Å²) in [5.41, 5.74) is 0.177. The highest BCUT2D eigenvalue weighted by atomic mass is 32.1. The van der Waals surface area contributed by atoms with E-state index in [-0.39, 0.29) is 20.9 Å². The first-order chi connectivity index (χ1) is 6.86. The first-order valence-corrected chi connectivity index (χ1v) is 4.77. The van der Waals surface area contributed by atoms with E-state index < -0.39 is 11.9 Å². The van der Waals surface area contributed by atoms with Crippen LogP contribution in [0.4, 0.5) is 0 Å². The molecule has 0 heterocycles. The molecule has 0 spiro atoms. The first-order valence-electron chi connectivity index (χ1n) is 3.88. The number of carbonyl (C=O) groups is 2. The van der Waals surface area contributed by atoms with Gasteiger partial charge in [0.25, 0.3) is 0 Å². The largest absolute Gasteiger partial charge is 0.478 e. The van der Waals surface area contributed by atoms with E-state index in [1.54, 1.807) is 6.92 Å². The van der Waals surface area contributed by atoms with Crippen molar-refractivity contribution in [3.8, 4) is 0 Å².